The molecule has 0 bridgehead atoms. The van der Waals surface area contributed by atoms with E-state index in [9.17, 15) is 0 Å². The highest BCUT2D eigenvalue weighted by atomic mass is 15.4. The van der Waals surface area contributed by atoms with Gasteiger partial charge in [0.25, 0.3) is 0 Å². The summed E-state index contributed by atoms with van der Waals surface area (Å²) in [7, 11) is 0. The van der Waals surface area contributed by atoms with E-state index in [0.29, 0.717) is 0 Å². The second-order valence-corrected chi connectivity index (χ2v) is 6.68. The predicted octanol–water partition coefficient (Wildman–Crippen LogP) is 3.39. The van der Waals surface area contributed by atoms with Crippen LogP contribution in [0.5, 0.6) is 0 Å². The Morgan fingerprint density at radius 3 is 2.78 bits per heavy atom. The Bertz CT molecular complexity index is 683. The summed E-state index contributed by atoms with van der Waals surface area (Å²) >= 11 is 0. The van der Waals surface area contributed by atoms with Crippen LogP contribution in [-0.2, 0) is 19.4 Å². The molecule has 122 valence electrons. The maximum atomic E-state index is 5.02. The van der Waals surface area contributed by atoms with E-state index in [1.807, 2.05) is 0 Å². The molecular weight excluding hydrogens is 284 g/mol. The van der Waals surface area contributed by atoms with E-state index in [1.165, 1.54) is 60.7 Å². The quantitative estimate of drug-likeness (QED) is 0.939. The summed E-state index contributed by atoms with van der Waals surface area (Å²) in [6.07, 6.45) is 6.19. The first kappa shape index (κ1) is 14.8. The summed E-state index contributed by atoms with van der Waals surface area (Å²) in [5.74, 6) is 1.22. The van der Waals surface area contributed by atoms with Gasteiger partial charge in [0, 0.05) is 18.7 Å². The van der Waals surface area contributed by atoms with E-state index in [0.717, 1.165) is 25.9 Å². The van der Waals surface area contributed by atoms with Crippen LogP contribution in [0.2, 0.25) is 0 Å². The fourth-order valence-corrected chi connectivity index (χ4v) is 3.89. The Balaban J connectivity index is 1.69. The van der Waals surface area contributed by atoms with Crippen LogP contribution in [0.25, 0.3) is 5.69 Å². The third kappa shape index (κ3) is 2.76. The molecule has 1 aromatic carbocycles. The molecule has 1 saturated heterocycles. The lowest BCUT2D eigenvalue weighted by atomic mass is 10.1. The van der Waals surface area contributed by atoms with E-state index in [4.69, 9.17) is 5.10 Å². The van der Waals surface area contributed by atoms with E-state index in [1.54, 1.807) is 0 Å². The van der Waals surface area contributed by atoms with Crippen LogP contribution in [0.4, 0.5) is 5.82 Å². The lowest BCUT2D eigenvalue weighted by molar-refractivity contribution is 0.217. The molecule has 0 saturated carbocycles. The maximum Gasteiger partial charge on any atom is 0.133 e. The highest BCUT2D eigenvalue weighted by molar-refractivity contribution is 5.58. The Morgan fingerprint density at radius 1 is 1.13 bits per heavy atom. The van der Waals surface area contributed by atoms with Crippen molar-refractivity contribution in [3.8, 4) is 5.69 Å². The Hall–Kier alpha value is -1.81. The number of aromatic nitrogens is 2. The molecule has 0 atom stereocenters. The first-order chi connectivity index (χ1) is 11.4. The number of rotatable bonds is 4. The predicted molar refractivity (Wildman–Crippen MR) is 94.3 cm³/mol. The number of aryl methyl sites for hydroxylation is 1. The van der Waals surface area contributed by atoms with Crippen LogP contribution in [0.15, 0.2) is 24.3 Å². The molecule has 2 aliphatic rings. The molecule has 0 spiro atoms. The molecule has 2 aliphatic heterocycles. The van der Waals surface area contributed by atoms with Gasteiger partial charge < -0.3 is 5.32 Å². The van der Waals surface area contributed by atoms with Crippen LogP contribution in [0.3, 0.4) is 0 Å². The first-order valence-electron chi connectivity index (χ1n) is 9.02. The normalized spacial score (nSPS) is 18.0. The number of likely N-dealkylation sites (tertiary alicyclic amines) is 1. The fraction of sp³-hybridized carbons (Fsp3) is 0.526. The minimum atomic E-state index is 1.01. The van der Waals surface area contributed by atoms with Gasteiger partial charge in [-0.15, -0.1) is 0 Å². The van der Waals surface area contributed by atoms with Crippen molar-refractivity contribution in [1.29, 1.82) is 0 Å². The van der Waals surface area contributed by atoms with Gasteiger partial charge in [-0.25, -0.2) is 4.68 Å². The van der Waals surface area contributed by atoms with E-state index in [-0.39, 0.29) is 0 Å². The zero-order valence-electron chi connectivity index (χ0n) is 14.0. The number of nitrogens with one attached hydrogen (secondary N) is 1. The first-order valence-corrected chi connectivity index (χ1v) is 9.02. The summed E-state index contributed by atoms with van der Waals surface area (Å²) in [4.78, 5) is 2.57. The zero-order chi connectivity index (χ0) is 15.6. The summed E-state index contributed by atoms with van der Waals surface area (Å²) in [5, 5.41) is 8.58. The van der Waals surface area contributed by atoms with Crippen molar-refractivity contribution >= 4 is 5.82 Å². The van der Waals surface area contributed by atoms with Crippen molar-refractivity contribution in [3.63, 3.8) is 0 Å². The van der Waals surface area contributed by atoms with Gasteiger partial charge in [0.2, 0.25) is 0 Å². The SMILES string of the molecule is CCc1ccccc1-n1nc(CN2CCCCC2)c2c1NCC2. The molecule has 4 heteroatoms. The fourth-order valence-electron chi connectivity index (χ4n) is 3.89. The molecule has 2 aromatic rings. The number of hydrogen-bond acceptors (Lipinski definition) is 3. The van der Waals surface area contributed by atoms with Gasteiger partial charge in [-0.2, -0.15) is 5.10 Å². The average molecular weight is 310 g/mol. The van der Waals surface area contributed by atoms with Crippen LogP contribution in [0.1, 0.15) is 43.0 Å². The largest absolute Gasteiger partial charge is 0.369 e. The molecule has 1 fully saturated rings. The summed E-state index contributed by atoms with van der Waals surface area (Å²) < 4.78 is 2.15. The summed E-state index contributed by atoms with van der Waals surface area (Å²) in [6, 6.07) is 8.63. The van der Waals surface area contributed by atoms with Gasteiger partial charge in [0.05, 0.1) is 11.4 Å². The lowest BCUT2D eigenvalue weighted by Gasteiger charge is -2.25. The highest BCUT2D eigenvalue weighted by Crippen LogP contribution is 2.31. The molecule has 23 heavy (non-hydrogen) atoms. The van der Waals surface area contributed by atoms with Gasteiger partial charge in [-0.3, -0.25) is 4.90 Å². The van der Waals surface area contributed by atoms with Crippen molar-refractivity contribution < 1.29 is 0 Å². The Morgan fingerprint density at radius 2 is 1.96 bits per heavy atom. The minimum absolute atomic E-state index is 1.01. The Labute approximate surface area is 138 Å². The number of piperidine rings is 1. The zero-order valence-corrected chi connectivity index (χ0v) is 14.0. The highest BCUT2D eigenvalue weighted by Gasteiger charge is 2.25. The molecule has 1 N–H and O–H groups in total. The van der Waals surface area contributed by atoms with E-state index >= 15 is 0 Å². The minimum Gasteiger partial charge on any atom is -0.369 e. The van der Waals surface area contributed by atoms with Crippen LogP contribution in [0, 0.1) is 0 Å². The van der Waals surface area contributed by atoms with Gasteiger partial charge in [0.15, 0.2) is 0 Å². The smallest absolute Gasteiger partial charge is 0.133 e. The molecule has 1 aromatic heterocycles. The standard InChI is InChI=1S/C19H26N4/c1-2-15-8-4-5-9-18(15)23-19-16(10-11-20-19)17(21-23)14-22-12-6-3-7-13-22/h4-5,8-9,20H,2-3,6-7,10-14H2,1H3. The number of benzene rings is 1. The molecule has 0 aliphatic carbocycles. The average Bonchev–Trinajstić information content (AvgIpc) is 3.20. The van der Waals surface area contributed by atoms with Gasteiger partial charge in [-0.05, 0) is 50.4 Å². The number of hydrogen-bond donors (Lipinski definition) is 1. The maximum absolute atomic E-state index is 5.02. The number of fused-ring (bicyclic) bond motifs is 1. The molecule has 0 radical (unpaired) electrons. The topological polar surface area (TPSA) is 33.1 Å². The monoisotopic (exact) mass is 310 g/mol. The Kier molecular flexibility index (Phi) is 4.08. The number of para-hydroxylation sites is 1. The number of anilines is 1. The lowest BCUT2D eigenvalue weighted by Crippen LogP contribution is -2.29. The van der Waals surface area contributed by atoms with Crippen molar-refractivity contribution in [1.82, 2.24) is 14.7 Å². The van der Waals surface area contributed by atoms with Gasteiger partial charge in [-0.1, -0.05) is 31.5 Å². The van der Waals surface area contributed by atoms with Crippen molar-refractivity contribution in [3.05, 3.63) is 41.1 Å². The molecule has 0 amide bonds. The van der Waals surface area contributed by atoms with Crippen molar-refractivity contribution in [2.24, 2.45) is 0 Å². The summed E-state index contributed by atoms with van der Waals surface area (Å²) in [6.45, 7) is 6.70. The molecule has 3 heterocycles. The second kappa shape index (κ2) is 6.36. The summed E-state index contributed by atoms with van der Waals surface area (Å²) in [5.41, 5.74) is 5.29. The molecule has 0 unspecified atom stereocenters. The van der Waals surface area contributed by atoms with E-state index in [2.05, 4.69) is 46.1 Å². The third-order valence-electron chi connectivity index (χ3n) is 5.16. The van der Waals surface area contributed by atoms with Crippen molar-refractivity contribution in [2.45, 2.75) is 45.6 Å². The van der Waals surface area contributed by atoms with Crippen LogP contribution in [-0.4, -0.2) is 34.3 Å². The van der Waals surface area contributed by atoms with Crippen LogP contribution >= 0.6 is 0 Å². The second-order valence-electron chi connectivity index (χ2n) is 6.68. The van der Waals surface area contributed by atoms with Crippen molar-refractivity contribution in [2.75, 3.05) is 25.0 Å². The third-order valence-corrected chi connectivity index (χ3v) is 5.16. The van der Waals surface area contributed by atoms with Gasteiger partial charge in [0.1, 0.15) is 5.82 Å². The van der Waals surface area contributed by atoms with Crippen LogP contribution < -0.4 is 5.32 Å². The number of nitrogens with zero attached hydrogens (tertiary/aromatic N) is 3. The molecule has 4 nitrogen and oxygen atoms in total. The van der Waals surface area contributed by atoms with E-state index < -0.39 is 0 Å². The molecule has 4 rings (SSSR count). The van der Waals surface area contributed by atoms with Gasteiger partial charge >= 0.3 is 0 Å². The molecular formula is C19H26N4.